The van der Waals surface area contributed by atoms with Gasteiger partial charge in [-0.2, -0.15) is 0 Å². The fourth-order valence-corrected chi connectivity index (χ4v) is 5.74. The Bertz CT molecular complexity index is 2050. The molecule has 6 aromatic rings. The highest BCUT2D eigenvalue weighted by Crippen LogP contribution is 2.35. The van der Waals surface area contributed by atoms with E-state index in [0.717, 1.165) is 34.0 Å². The minimum Gasteiger partial charge on any atom is -0.317 e. The number of nitrogens with zero attached hydrogens (tertiary/aromatic N) is 2. The zero-order valence-corrected chi connectivity index (χ0v) is 28.1. The number of benzene rings is 6. The number of anilines is 4. The van der Waals surface area contributed by atoms with Crippen molar-refractivity contribution in [2.75, 3.05) is 9.80 Å². The molecule has 0 bridgehead atoms. The van der Waals surface area contributed by atoms with Crippen LogP contribution in [0, 0.1) is 0 Å². The summed E-state index contributed by atoms with van der Waals surface area (Å²) < 4.78 is 0. The highest BCUT2D eigenvalue weighted by Gasteiger charge is 2.12. The highest BCUT2D eigenvalue weighted by molar-refractivity contribution is 5.78. The van der Waals surface area contributed by atoms with Gasteiger partial charge in [0.25, 0.3) is 0 Å². The molecule has 0 aliphatic carbocycles. The first-order chi connectivity index (χ1) is 24.7. The lowest BCUT2D eigenvalue weighted by molar-refractivity contribution is 1.21. The molecule has 0 saturated carbocycles. The van der Waals surface area contributed by atoms with Crippen molar-refractivity contribution in [3.05, 3.63) is 237 Å². The van der Waals surface area contributed by atoms with E-state index in [9.17, 15) is 0 Å². The Morgan fingerprint density at radius 2 is 0.880 bits per heavy atom. The normalized spacial score (nSPS) is 11.6. The van der Waals surface area contributed by atoms with Crippen molar-refractivity contribution >= 4 is 28.8 Å². The van der Waals surface area contributed by atoms with Crippen LogP contribution in [0.15, 0.2) is 231 Å². The molecule has 0 amide bonds. The quantitative estimate of drug-likeness (QED) is 0.115. The molecule has 0 aromatic heterocycles. The number of allylic oxidation sites excluding steroid dienone is 7. The second kappa shape index (κ2) is 17.0. The Balaban J connectivity index is 1.19. The van der Waals surface area contributed by atoms with Crippen molar-refractivity contribution in [1.82, 2.24) is 0 Å². The van der Waals surface area contributed by atoms with Crippen LogP contribution in [0.4, 0.5) is 22.7 Å². The monoisotopic (exact) mass is 644 g/mol. The van der Waals surface area contributed by atoms with E-state index in [1.807, 2.05) is 48.7 Å². The molecule has 50 heavy (non-hydrogen) atoms. The van der Waals surface area contributed by atoms with Crippen LogP contribution < -0.4 is 9.80 Å². The van der Waals surface area contributed by atoms with Crippen LogP contribution in [-0.2, 0) is 0 Å². The van der Waals surface area contributed by atoms with Gasteiger partial charge in [-0.25, -0.2) is 0 Å². The van der Waals surface area contributed by atoms with E-state index >= 15 is 0 Å². The first-order valence-electron chi connectivity index (χ1n) is 16.8. The van der Waals surface area contributed by atoms with Crippen LogP contribution in [-0.4, -0.2) is 0 Å². The van der Waals surface area contributed by atoms with E-state index in [0.29, 0.717) is 0 Å². The number of hydrogen-bond acceptors (Lipinski definition) is 2. The predicted molar refractivity (Wildman–Crippen MR) is 217 cm³/mol. The summed E-state index contributed by atoms with van der Waals surface area (Å²) in [5.41, 5.74) is 11.2. The lowest BCUT2D eigenvalue weighted by Gasteiger charge is -2.25. The van der Waals surface area contributed by atoms with Crippen molar-refractivity contribution in [2.45, 2.75) is 0 Å². The first kappa shape index (κ1) is 33.3. The second-order valence-electron chi connectivity index (χ2n) is 11.6. The molecular weight excluding hydrogens is 605 g/mol. The maximum Gasteiger partial charge on any atom is 0.0462 e. The standard InChI is InChI=1S/C48H40N2/c1-3-5-6-16-38-49(45-34-30-42(31-35-45)40-19-10-7-11-20-40)44(4-2)25-17-18-39-26-28-41(29-27-39)43-32-36-48(37-33-43)50(46-21-12-8-13-22-46)47-23-14-9-15-24-47/h3-38H,1-2H2. The molecule has 0 aliphatic heterocycles. The third-order valence-corrected chi connectivity index (χ3v) is 8.29. The summed E-state index contributed by atoms with van der Waals surface area (Å²) >= 11 is 0. The third kappa shape index (κ3) is 8.44. The summed E-state index contributed by atoms with van der Waals surface area (Å²) in [6.07, 6.45) is 17.8. The minimum atomic E-state index is 0.953. The van der Waals surface area contributed by atoms with E-state index in [4.69, 9.17) is 0 Å². The fourth-order valence-electron chi connectivity index (χ4n) is 5.74. The van der Waals surface area contributed by atoms with Gasteiger partial charge in [0.2, 0.25) is 0 Å². The SMILES string of the molecule is C=CC=CC=CN(C(C=C)=CC=Cc1ccc(-c2ccc(N(c3ccccc3)c3ccccc3)cc2)cc1)c1ccc(-c2ccccc2)cc1. The number of para-hydroxylation sites is 2. The molecule has 0 saturated heterocycles. The maximum absolute atomic E-state index is 4.12. The molecule has 0 fully saturated rings. The average molecular weight is 645 g/mol. The van der Waals surface area contributed by atoms with E-state index in [2.05, 4.69) is 187 Å². The van der Waals surface area contributed by atoms with Crippen LogP contribution in [0.3, 0.4) is 0 Å². The Hall–Kier alpha value is -6.64. The van der Waals surface area contributed by atoms with E-state index in [1.54, 1.807) is 6.08 Å². The minimum absolute atomic E-state index is 0.953. The van der Waals surface area contributed by atoms with Crippen molar-refractivity contribution < 1.29 is 0 Å². The molecule has 0 spiro atoms. The average Bonchev–Trinajstić information content (AvgIpc) is 3.19. The van der Waals surface area contributed by atoms with E-state index in [1.165, 1.54) is 22.3 Å². The Morgan fingerprint density at radius 1 is 0.420 bits per heavy atom. The van der Waals surface area contributed by atoms with Gasteiger partial charge in [0.05, 0.1) is 0 Å². The van der Waals surface area contributed by atoms with Crippen molar-refractivity contribution in [1.29, 1.82) is 0 Å². The molecule has 0 heterocycles. The van der Waals surface area contributed by atoms with E-state index in [-0.39, 0.29) is 0 Å². The van der Waals surface area contributed by atoms with Gasteiger partial charge in [-0.3, -0.25) is 0 Å². The van der Waals surface area contributed by atoms with Crippen molar-refractivity contribution in [3.63, 3.8) is 0 Å². The van der Waals surface area contributed by atoms with Crippen LogP contribution in [0.25, 0.3) is 28.3 Å². The largest absolute Gasteiger partial charge is 0.317 e. The first-order valence-corrected chi connectivity index (χ1v) is 16.8. The second-order valence-corrected chi connectivity index (χ2v) is 11.6. The Kier molecular flexibility index (Phi) is 11.3. The molecule has 0 unspecified atom stereocenters. The molecule has 242 valence electrons. The van der Waals surface area contributed by atoms with Gasteiger partial charge >= 0.3 is 0 Å². The molecule has 0 N–H and O–H groups in total. The van der Waals surface area contributed by atoms with Crippen LogP contribution >= 0.6 is 0 Å². The van der Waals surface area contributed by atoms with Crippen molar-refractivity contribution in [3.8, 4) is 22.3 Å². The Morgan fingerprint density at radius 3 is 1.40 bits per heavy atom. The zero-order chi connectivity index (χ0) is 34.4. The molecule has 2 nitrogen and oxygen atoms in total. The molecule has 0 atom stereocenters. The van der Waals surface area contributed by atoms with Gasteiger partial charge < -0.3 is 9.80 Å². The molecule has 2 heteroatoms. The highest BCUT2D eigenvalue weighted by atomic mass is 15.1. The van der Waals surface area contributed by atoms with Gasteiger partial charge in [0, 0.05) is 34.6 Å². The maximum atomic E-state index is 4.12. The lowest BCUT2D eigenvalue weighted by Crippen LogP contribution is -2.13. The van der Waals surface area contributed by atoms with Crippen LogP contribution in [0.1, 0.15) is 5.56 Å². The van der Waals surface area contributed by atoms with E-state index < -0.39 is 0 Å². The third-order valence-electron chi connectivity index (χ3n) is 8.29. The van der Waals surface area contributed by atoms with Crippen molar-refractivity contribution in [2.24, 2.45) is 0 Å². The van der Waals surface area contributed by atoms with Gasteiger partial charge in [-0.15, -0.1) is 0 Å². The van der Waals surface area contributed by atoms with Gasteiger partial charge in [-0.05, 0) is 94.6 Å². The predicted octanol–water partition coefficient (Wildman–Crippen LogP) is 13.3. The summed E-state index contributed by atoms with van der Waals surface area (Å²) in [6.45, 7) is 7.90. The summed E-state index contributed by atoms with van der Waals surface area (Å²) in [6, 6.07) is 57.4. The molecule has 0 aliphatic rings. The summed E-state index contributed by atoms with van der Waals surface area (Å²) in [7, 11) is 0. The summed E-state index contributed by atoms with van der Waals surface area (Å²) in [4.78, 5) is 4.40. The van der Waals surface area contributed by atoms with Crippen LogP contribution in [0.5, 0.6) is 0 Å². The van der Waals surface area contributed by atoms with Gasteiger partial charge in [-0.1, -0.05) is 159 Å². The topological polar surface area (TPSA) is 6.48 Å². The number of rotatable bonds is 13. The zero-order valence-electron chi connectivity index (χ0n) is 28.1. The lowest BCUT2D eigenvalue weighted by atomic mass is 10.0. The molecular formula is C48H40N2. The van der Waals surface area contributed by atoms with Crippen LogP contribution in [0.2, 0.25) is 0 Å². The van der Waals surface area contributed by atoms with Gasteiger partial charge in [0.15, 0.2) is 0 Å². The summed E-state index contributed by atoms with van der Waals surface area (Å²) in [5.74, 6) is 0. The Labute approximate surface area is 296 Å². The smallest absolute Gasteiger partial charge is 0.0462 e. The number of hydrogen-bond donors (Lipinski definition) is 0. The van der Waals surface area contributed by atoms with Gasteiger partial charge in [0.1, 0.15) is 0 Å². The molecule has 6 rings (SSSR count). The molecule has 0 radical (unpaired) electrons. The fraction of sp³-hybridized carbons (Fsp3) is 0. The summed E-state index contributed by atoms with van der Waals surface area (Å²) in [5, 5.41) is 0. The molecule has 6 aromatic carbocycles.